The van der Waals surface area contributed by atoms with Crippen molar-refractivity contribution in [2.75, 3.05) is 6.26 Å². The van der Waals surface area contributed by atoms with Crippen LogP contribution in [-0.4, -0.2) is 20.1 Å². The molecule has 4 heteroatoms. The SMILES string of the molecule is CS(=O)(=O)C1OC1c1ccccc1. The molecule has 0 aliphatic carbocycles. The van der Waals surface area contributed by atoms with E-state index in [9.17, 15) is 8.42 Å². The fourth-order valence-corrected chi connectivity index (χ4v) is 2.23. The summed E-state index contributed by atoms with van der Waals surface area (Å²) in [4.78, 5) is 0. The summed E-state index contributed by atoms with van der Waals surface area (Å²) in [6.07, 6.45) is 0.942. The predicted octanol–water partition coefficient (Wildman–Crippen LogP) is 1.13. The summed E-state index contributed by atoms with van der Waals surface area (Å²) in [5.41, 5.74) is 0.299. The number of benzene rings is 1. The van der Waals surface area contributed by atoms with Crippen molar-refractivity contribution in [3.63, 3.8) is 0 Å². The first-order valence-electron chi connectivity index (χ1n) is 3.98. The summed E-state index contributed by atoms with van der Waals surface area (Å²) < 4.78 is 27.2. The van der Waals surface area contributed by atoms with Crippen LogP contribution in [-0.2, 0) is 14.6 Å². The number of rotatable bonds is 2. The molecule has 2 rings (SSSR count). The van der Waals surface area contributed by atoms with Crippen molar-refractivity contribution in [3.05, 3.63) is 35.9 Å². The monoisotopic (exact) mass is 198 g/mol. The number of hydrogen-bond acceptors (Lipinski definition) is 3. The van der Waals surface area contributed by atoms with E-state index < -0.39 is 15.3 Å². The molecule has 1 aromatic rings. The second-order valence-electron chi connectivity index (χ2n) is 3.17. The minimum Gasteiger partial charge on any atom is -0.347 e. The van der Waals surface area contributed by atoms with Crippen LogP contribution in [0, 0.1) is 0 Å². The minimum absolute atomic E-state index is 0.254. The highest BCUT2D eigenvalue weighted by atomic mass is 32.2. The molecular weight excluding hydrogens is 188 g/mol. The zero-order chi connectivity index (χ0) is 9.47. The number of ether oxygens (including phenoxy) is 1. The number of epoxide rings is 1. The van der Waals surface area contributed by atoms with Crippen LogP contribution in [0.1, 0.15) is 11.7 Å². The first-order chi connectivity index (χ1) is 6.09. The zero-order valence-corrected chi connectivity index (χ0v) is 7.99. The van der Waals surface area contributed by atoms with Crippen LogP contribution in [0.3, 0.4) is 0 Å². The van der Waals surface area contributed by atoms with Gasteiger partial charge in [-0.25, -0.2) is 8.42 Å². The molecule has 1 fully saturated rings. The van der Waals surface area contributed by atoms with Gasteiger partial charge in [-0.15, -0.1) is 0 Å². The Morgan fingerprint density at radius 1 is 1.23 bits per heavy atom. The zero-order valence-electron chi connectivity index (χ0n) is 7.17. The standard InChI is InChI=1S/C9H10O3S/c1-13(10,11)9-8(12-9)7-5-3-2-4-6-7/h2-6,8-9H,1H3. The molecule has 0 aromatic heterocycles. The normalized spacial score (nSPS) is 27.2. The molecule has 13 heavy (non-hydrogen) atoms. The summed E-state index contributed by atoms with van der Waals surface area (Å²) in [5, 5.41) is 0. The van der Waals surface area contributed by atoms with Gasteiger partial charge in [0.15, 0.2) is 15.3 Å². The molecule has 0 bridgehead atoms. The molecule has 0 amide bonds. The molecule has 3 nitrogen and oxygen atoms in total. The predicted molar refractivity (Wildman–Crippen MR) is 48.9 cm³/mol. The van der Waals surface area contributed by atoms with E-state index in [1.165, 1.54) is 6.26 Å². The van der Waals surface area contributed by atoms with E-state index >= 15 is 0 Å². The van der Waals surface area contributed by atoms with Gasteiger partial charge in [-0.1, -0.05) is 30.3 Å². The summed E-state index contributed by atoms with van der Waals surface area (Å²) in [7, 11) is -3.05. The number of sulfone groups is 1. The van der Waals surface area contributed by atoms with Crippen LogP contribution in [0.5, 0.6) is 0 Å². The van der Waals surface area contributed by atoms with E-state index in [4.69, 9.17) is 4.74 Å². The molecule has 1 aliphatic rings. The summed E-state index contributed by atoms with van der Waals surface area (Å²) in [5.74, 6) is 0. The van der Waals surface area contributed by atoms with E-state index in [1.807, 2.05) is 30.3 Å². The Morgan fingerprint density at radius 3 is 2.31 bits per heavy atom. The molecule has 0 N–H and O–H groups in total. The minimum atomic E-state index is -3.05. The quantitative estimate of drug-likeness (QED) is 0.669. The molecule has 1 aromatic carbocycles. The topological polar surface area (TPSA) is 46.7 Å². The van der Waals surface area contributed by atoms with Crippen LogP contribution in [0.2, 0.25) is 0 Å². The van der Waals surface area contributed by atoms with Crippen molar-refractivity contribution in [2.24, 2.45) is 0 Å². The average Bonchev–Trinajstić information content (AvgIpc) is 2.83. The molecule has 1 saturated heterocycles. The van der Waals surface area contributed by atoms with Gasteiger partial charge in [0, 0.05) is 6.26 Å². The van der Waals surface area contributed by atoms with Gasteiger partial charge >= 0.3 is 0 Å². The molecule has 2 atom stereocenters. The molecule has 2 unspecified atom stereocenters. The van der Waals surface area contributed by atoms with Gasteiger partial charge in [0.25, 0.3) is 0 Å². The Kier molecular flexibility index (Phi) is 1.89. The van der Waals surface area contributed by atoms with Gasteiger partial charge in [0.2, 0.25) is 0 Å². The largest absolute Gasteiger partial charge is 0.347 e. The third-order valence-corrected chi connectivity index (χ3v) is 3.20. The lowest BCUT2D eigenvalue weighted by atomic mass is 10.2. The van der Waals surface area contributed by atoms with Crippen molar-refractivity contribution in [3.8, 4) is 0 Å². The van der Waals surface area contributed by atoms with Gasteiger partial charge in [-0.05, 0) is 5.56 Å². The smallest absolute Gasteiger partial charge is 0.189 e. The highest BCUT2D eigenvalue weighted by Crippen LogP contribution is 2.41. The second kappa shape index (κ2) is 2.82. The lowest BCUT2D eigenvalue weighted by molar-refractivity contribution is 0.399. The summed E-state index contributed by atoms with van der Waals surface area (Å²) in [6.45, 7) is 0. The van der Waals surface area contributed by atoms with Gasteiger partial charge in [0.1, 0.15) is 6.10 Å². The highest BCUT2D eigenvalue weighted by Gasteiger charge is 2.47. The lowest BCUT2D eigenvalue weighted by Gasteiger charge is -1.92. The maximum Gasteiger partial charge on any atom is 0.189 e. The van der Waals surface area contributed by atoms with Gasteiger partial charge in [0.05, 0.1) is 0 Å². The molecule has 0 radical (unpaired) electrons. The Hall–Kier alpha value is -0.870. The van der Waals surface area contributed by atoms with Crippen LogP contribution in [0.4, 0.5) is 0 Å². The first kappa shape index (κ1) is 8.72. The van der Waals surface area contributed by atoms with Crippen molar-refractivity contribution >= 4 is 9.84 Å². The van der Waals surface area contributed by atoms with E-state index in [2.05, 4.69) is 0 Å². The van der Waals surface area contributed by atoms with Crippen LogP contribution >= 0.6 is 0 Å². The Bertz CT molecular complexity index is 396. The van der Waals surface area contributed by atoms with Gasteiger partial charge in [-0.3, -0.25) is 0 Å². The van der Waals surface area contributed by atoms with Crippen LogP contribution in [0.15, 0.2) is 30.3 Å². The molecule has 1 aliphatic heterocycles. The third kappa shape index (κ3) is 1.73. The average molecular weight is 198 g/mol. The van der Waals surface area contributed by atoms with Gasteiger partial charge < -0.3 is 4.74 Å². The Balaban J connectivity index is 2.18. The fraction of sp³-hybridized carbons (Fsp3) is 0.333. The molecule has 0 saturated carbocycles. The summed E-state index contributed by atoms with van der Waals surface area (Å²) in [6, 6.07) is 9.37. The van der Waals surface area contributed by atoms with E-state index in [0.29, 0.717) is 0 Å². The second-order valence-corrected chi connectivity index (χ2v) is 5.29. The molecule has 0 spiro atoms. The fourth-order valence-electron chi connectivity index (χ4n) is 1.30. The highest BCUT2D eigenvalue weighted by molar-refractivity contribution is 7.91. The van der Waals surface area contributed by atoms with Crippen LogP contribution < -0.4 is 0 Å². The molecule has 1 heterocycles. The van der Waals surface area contributed by atoms with E-state index in [1.54, 1.807) is 0 Å². The Labute approximate surface area is 77.3 Å². The van der Waals surface area contributed by atoms with Crippen molar-refractivity contribution < 1.29 is 13.2 Å². The van der Waals surface area contributed by atoms with Crippen LogP contribution in [0.25, 0.3) is 0 Å². The van der Waals surface area contributed by atoms with Crippen molar-refractivity contribution in [2.45, 2.75) is 11.5 Å². The third-order valence-electron chi connectivity index (χ3n) is 2.00. The maximum absolute atomic E-state index is 11.1. The van der Waals surface area contributed by atoms with E-state index in [-0.39, 0.29) is 6.10 Å². The van der Waals surface area contributed by atoms with E-state index in [0.717, 1.165) is 5.56 Å². The number of hydrogen-bond donors (Lipinski definition) is 0. The molecule has 70 valence electrons. The van der Waals surface area contributed by atoms with Crippen molar-refractivity contribution in [1.82, 2.24) is 0 Å². The van der Waals surface area contributed by atoms with Crippen molar-refractivity contribution in [1.29, 1.82) is 0 Å². The van der Waals surface area contributed by atoms with Gasteiger partial charge in [-0.2, -0.15) is 0 Å². The molecular formula is C9H10O3S. The first-order valence-corrected chi connectivity index (χ1v) is 5.94. The lowest BCUT2D eigenvalue weighted by Crippen LogP contribution is -2.05. The Morgan fingerprint density at radius 2 is 1.85 bits per heavy atom. The summed E-state index contributed by atoms with van der Waals surface area (Å²) >= 11 is 0. The maximum atomic E-state index is 11.1.